The Bertz CT molecular complexity index is 623. The predicted molar refractivity (Wildman–Crippen MR) is 77.5 cm³/mol. The minimum absolute atomic E-state index is 0.00415. The highest BCUT2D eigenvalue weighted by Gasteiger charge is 2.29. The zero-order valence-electron chi connectivity index (χ0n) is 11.3. The molecule has 2 aromatic rings. The molecule has 0 aliphatic heterocycles. The van der Waals surface area contributed by atoms with Crippen LogP contribution in [-0.2, 0) is 0 Å². The average Bonchev–Trinajstić information content (AvgIpc) is 2.43. The number of nitrogens with zero attached hydrogens (tertiary/aromatic N) is 2. The molecular formula is C16H18N2O2. The monoisotopic (exact) mass is 270 g/mol. The van der Waals surface area contributed by atoms with Crippen LogP contribution in [0.25, 0.3) is 10.9 Å². The third-order valence-corrected chi connectivity index (χ3v) is 3.93. The molecule has 1 amide bonds. The number of aliphatic hydroxyl groups is 1. The highest BCUT2D eigenvalue weighted by Crippen LogP contribution is 2.26. The number of aliphatic hydroxyl groups excluding tert-OH is 1. The van der Waals surface area contributed by atoms with Gasteiger partial charge in [-0.05, 0) is 31.4 Å². The quantitative estimate of drug-likeness (QED) is 0.926. The zero-order valence-corrected chi connectivity index (χ0v) is 11.3. The van der Waals surface area contributed by atoms with Gasteiger partial charge in [0.1, 0.15) is 5.69 Å². The smallest absolute Gasteiger partial charge is 0.272 e. The van der Waals surface area contributed by atoms with Crippen molar-refractivity contribution in [1.29, 1.82) is 0 Å². The van der Waals surface area contributed by atoms with E-state index in [1.54, 1.807) is 11.0 Å². The van der Waals surface area contributed by atoms with Gasteiger partial charge in [-0.3, -0.25) is 4.79 Å². The Morgan fingerprint density at radius 3 is 2.75 bits per heavy atom. The first-order chi connectivity index (χ1) is 9.79. The van der Waals surface area contributed by atoms with Gasteiger partial charge in [-0.2, -0.15) is 0 Å². The lowest BCUT2D eigenvalue weighted by atomic mass is 9.91. The standard InChI is InChI=1S/C16H18N2O2/c19-11-10-18(13-5-3-6-13)16(20)15-9-8-12-4-1-2-7-14(12)17-15/h1-2,4,7-9,13,19H,3,5-6,10-11H2. The first-order valence-electron chi connectivity index (χ1n) is 7.07. The van der Waals surface area contributed by atoms with Crippen LogP contribution in [0.4, 0.5) is 0 Å². The number of benzene rings is 1. The number of aromatic nitrogens is 1. The van der Waals surface area contributed by atoms with Gasteiger partial charge in [0, 0.05) is 18.0 Å². The molecule has 1 aliphatic rings. The van der Waals surface area contributed by atoms with E-state index in [-0.39, 0.29) is 18.6 Å². The highest BCUT2D eigenvalue weighted by molar-refractivity contribution is 5.95. The van der Waals surface area contributed by atoms with Crippen molar-refractivity contribution in [2.45, 2.75) is 25.3 Å². The lowest BCUT2D eigenvalue weighted by Crippen LogP contribution is -2.45. The van der Waals surface area contributed by atoms with E-state index in [0.717, 1.165) is 30.2 Å². The maximum atomic E-state index is 12.6. The Kier molecular flexibility index (Phi) is 3.65. The summed E-state index contributed by atoms with van der Waals surface area (Å²) in [6.45, 7) is 0.383. The van der Waals surface area contributed by atoms with Crippen LogP contribution in [0.5, 0.6) is 0 Å². The molecule has 4 nitrogen and oxygen atoms in total. The van der Waals surface area contributed by atoms with Gasteiger partial charge in [-0.1, -0.05) is 24.3 Å². The summed E-state index contributed by atoms with van der Waals surface area (Å²) in [5.41, 5.74) is 1.29. The van der Waals surface area contributed by atoms with Crippen molar-refractivity contribution in [3.05, 3.63) is 42.1 Å². The summed E-state index contributed by atoms with van der Waals surface area (Å²) in [6.07, 6.45) is 3.21. The molecule has 0 saturated heterocycles. The van der Waals surface area contributed by atoms with Gasteiger partial charge in [-0.15, -0.1) is 0 Å². The van der Waals surface area contributed by atoms with E-state index in [9.17, 15) is 4.79 Å². The molecule has 1 aromatic heterocycles. The molecule has 3 rings (SSSR count). The first-order valence-corrected chi connectivity index (χ1v) is 7.07. The van der Waals surface area contributed by atoms with Crippen LogP contribution in [0.2, 0.25) is 0 Å². The Labute approximate surface area is 118 Å². The maximum Gasteiger partial charge on any atom is 0.272 e. The normalized spacial score (nSPS) is 15.1. The molecular weight excluding hydrogens is 252 g/mol. The number of hydrogen-bond donors (Lipinski definition) is 1. The Morgan fingerprint density at radius 2 is 2.05 bits per heavy atom. The third kappa shape index (κ3) is 2.39. The fourth-order valence-electron chi connectivity index (χ4n) is 2.59. The molecule has 0 radical (unpaired) electrons. The van der Waals surface area contributed by atoms with Crippen LogP contribution in [0.1, 0.15) is 29.8 Å². The summed E-state index contributed by atoms with van der Waals surface area (Å²) in [4.78, 5) is 18.8. The number of hydrogen-bond acceptors (Lipinski definition) is 3. The van der Waals surface area contributed by atoms with Crippen LogP contribution < -0.4 is 0 Å². The number of amides is 1. The highest BCUT2D eigenvalue weighted by atomic mass is 16.3. The Balaban J connectivity index is 1.89. The molecule has 104 valence electrons. The molecule has 4 heteroatoms. The second-order valence-corrected chi connectivity index (χ2v) is 5.20. The lowest BCUT2D eigenvalue weighted by Gasteiger charge is -2.37. The van der Waals surface area contributed by atoms with Crippen LogP contribution in [0.15, 0.2) is 36.4 Å². The van der Waals surface area contributed by atoms with Crippen molar-refractivity contribution in [2.75, 3.05) is 13.2 Å². The van der Waals surface area contributed by atoms with Gasteiger partial charge in [0.05, 0.1) is 12.1 Å². The SMILES string of the molecule is O=C(c1ccc2ccccc2n1)N(CCO)C1CCC1. The fraction of sp³-hybridized carbons (Fsp3) is 0.375. The summed E-state index contributed by atoms with van der Waals surface area (Å²) >= 11 is 0. The van der Waals surface area contributed by atoms with Crippen LogP contribution in [0.3, 0.4) is 0 Å². The molecule has 0 spiro atoms. The number of pyridine rings is 1. The summed E-state index contributed by atoms with van der Waals surface area (Å²) in [6, 6.07) is 11.7. The lowest BCUT2D eigenvalue weighted by molar-refractivity contribution is 0.0520. The van der Waals surface area contributed by atoms with E-state index in [1.807, 2.05) is 30.3 Å². The second-order valence-electron chi connectivity index (χ2n) is 5.20. The van der Waals surface area contributed by atoms with Crippen LogP contribution >= 0.6 is 0 Å². The minimum atomic E-state index is -0.0745. The number of carbonyl (C=O) groups excluding carboxylic acids is 1. The molecule has 1 heterocycles. The Morgan fingerprint density at radius 1 is 1.25 bits per heavy atom. The first kappa shape index (κ1) is 13.1. The fourth-order valence-corrected chi connectivity index (χ4v) is 2.59. The van der Waals surface area contributed by atoms with Crippen LogP contribution in [0, 0.1) is 0 Å². The molecule has 0 unspecified atom stereocenters. The van der Waals surface area contributed by atoms with Crippen molar-refractivity contribution in [2.24, 2.45) is 0 Å². The van der Waals surface area contributed by atoms with Gasteiger partial charge in [-0.25, -0.2) is 4.98 Å². The molecule has 1 fully saturated rings. The summed E-state index contributed by atoms with van der Waals surface area (Å²) < 4.78 is 0. The Hall–Kier alpha value is -1.94. The summed E-state index contributed by atoms with van der Waals surface area (Å²) in [5.74, 6) is -0.0745. The average molecular weight is 270 g/mol. The van der Waals surface area contributed by atoms with Crippen LogP contribution in [-0.4, -0.2) is 40.1 Å². The van der Waals surface area contributed by atoms with E-state index in [1.165, 1.54) is 0 Å². The van der Waals surface area contributed by atoms with E-state index in [4.69, 9.17) is 5.11 Å². The molecule has 20 heavy (non-hydrogen) atoms. The van der Waals surface area contributed by atoms with Crippen molar-refractivity contribution in [3.63, 3.8) is 0 Å². The number of para-hydroxylation sites is 1. The minimum Gasteiger partial charge on any atom is -0.395 e. The van der Waals surface area contributed by atoms with E-state index < -0.39 is 0 Å². The van der Waals surface area contributed by atoms with E-state index in [2.05, 4.69) is 4.98 Å². The molecule has 1 aliphatic carbocycles. The van der Waals surface area contributed by atoms with Gasteiger partial charge in [0.2, 0.25) is 0 Å². The third-order valence-electron chi connectivity index (χ3n) is 3.93. The molecule has 1 saturated carbocycles. The number of rotatable bonds is 4. The van der Waals surface area contributed by atoms with E-state index in [0.29, 0.717) is 12.2 Å². The van der Waals surface area contributed by atoms with E-state index >= 15 is 0 Å². The van der Waals surface area contributed by atoms with Crippen molar-refractivity contribution in [1.82, 2.24) is 9.88 Å². The van der Waals surface area contributed by atoms with Gasteiger partial charge >= 0.3 is 0 Å². The molecule has 0 bridgehead atoms. The van der Waals surface area contributed by atoms with Gasteiger partial charge < -0.3 is 10.0 Å². The number of carbonyl (C=O) groups is 1. The van der Waals surface area contributed by atoms with Crippen molar-refractivity contribution < 1.29 is 9.90 Å². The summed E-state index contributed by atoms with van der Waals surface area (Å²) in [5, 5.41) is 10.2. The molecule has 1 aromatic carbocycles. The second kappa shape index (κ2) is 5.59. The van der Waals surface area contributed by atoms with Crippen molar-refractivity contribution in [3.8, 4) is 0 Å². The maximum absolute atomic E-state index is 12.6. The largest absolute Gasteiger partial charge is 0.395 e. The topological polar surface area (TPSA) is 53.4 Å². The van der Waals surface area contributed by atoms with Gasteiger partial charge in [0.25, 0.3) is 5.91 Å². The molecule has 1 N–H and O–H groups in total. The zero-order chi connectivity index (χ0) is 13.9. The predicted octanol–water partition coefficient (Wildman–Crippen LogP) is 2.22. The summed E-state index contributed by atoms with van der Waals surface area (Å²) in [7, 11) is 0. The van der Waals surface area contributed by atoms with Crippen molar-refractivity contribution >= 4 is 16.8 Å². The van der Waals surface area contributed by atoms with Gasteiger partial charge in [0.15, 0.2) is 0 Å². The molecule has 0 atom stereocenters. The number of fused-ring (bicyclic) bond motifs is 1.